The van der Waals surface area contributed by atoms with Crippen molar-refractivity contribution in [3.05, 3.63) is 22.7 Å². The number of halogens is 1. The average molecular weight is 284 g/mol. The summed E-state index contributed by atoms with van der Waals surface area (Å²) in [6, 6.07) is 3.21. The Labute approximate surface area is 115 Å². The number of carbonyl (C=O) groups excluding carboxylic acids is 1. The predicted molar refractivity (Wildman–Crippen MR) is 69.0 cm³/mol. The number of aliphatic hydroxyl groups is 1. The molecular weight excluding hydrogens is 270 g/mol. The molecule has 2 aliphatic rings. The molecule has 2 heterocycles. The van der Waals surface area contributed by atoms with E-state index in [1.165, 1.54) is 0 Å². The van der Waals surface area contributed by atoms with Gasteiger partial charge >= 0.3 is 0 Å². The minimum atomic E-state index is -0.784. The van der Waals surface area contributed by atoms with Crippen LogP contribution in [-0.4, -0.2) is 47.8 Å². The summed E-state index contributed by atoms with van der Waals surface area (Å²) < 4.78 is 10.8. The van der Waals surface area contributed by atoms with Crippen molar-refractivity contribution in [3.8, 4) is 11.5 Å². The Kier molecular flexibility index (Phi) is 2.83. The molecule has 19 heavy (non-hydrogen) atoms. The highest BCUT2D eigenvalue weighted by Crippen LogP contribution is 2.39. The van der Waals surface area contributed by atoms with Crippen LogP contribution in [0.3, 0.4) is 0 Å². The van der Waals surface area contributed by atoms with Gasteiger partial charge in [0.05, 0.1) is 23.7 Å². The fourth-order valence-corrected chi connectivity index (χ4v) is 2.60. The predicted octanol–water partition coefficient (Wildman–Crippen LogP) is 1.32. The number of β-amino-alcohol motifs (C(OH)–C–C–N with tert-alkyl or cyclic N) is 1. The first-order chi connectivity index (χ1) is 8.96. The summed E-state index contributed by atoms with van der Waals surface area (Å²) in [6.45, 7) is 3.26. The number of likely N-dealkylation sites (tertiary alicyclic amines) is 1. The molecule has 0 saturated carbocycles. The van der Waals surface area contributed by atoms with Gasteiger partial charge in [-0.2, -0.15) is 0 Å². The summed E-state index contributed by atoms with van der Waals surface area (Å²) in [5, 5.41) is 10.0. The van der Waals surface area contributed by atoms with Gasteiger partial charge in [0, 0.05) is 5.56 Å². The third-order valence-corrected chi connectivity index (χ3v) is 3.47. The molecule has 102 valence electrons. The Bertz CT molecular complexity index is 536. The van der Waals surface area contributed by atoms with E-state index in [4.69, 9.17) is 21.1 Å². The van der Waals surface area contributed by atoms with E-state index in [1.54, 1.807) is 24.0 Å². The smallest absolute Gasteiger partial charge is 0.254 e. The number of ether oxygens (including phenoxy) is 2. The van der Waals surface area contributed by atoms with E-state index in [0.29, 0.717) is 48.4 Å². The van der Waals surface area contributed by atoms with E-state index < -0.39 is 5.60 Å². The first-order valence-electron chi connectivity index (χ1n) is 6.07. The zero-order valence-electron chi connectivity index (χ0n) is 10.5. The van der Waals surface area contributed by atoms with Crippen LogP contribution in [-0.2, 0) is 0 Å². The molecule has 6 heteroatoms. The maximum Gasteiger partial charge on any atom is 0.254 e. The summed E-state index contributed by atoms with van der Waals surface area (Å²) in [5.41, 5.74) is -0.336. The van der Waals surface area contributed by atoms with Crippen molar-refractivity contribution in [1.29, 1.82) is 0 Å². The maximum atomic E-state index is 12.2. The second-order valence-electron chi connectivity index (χ2n) is 5.14. The Morgan fingerprint density at radius 3 is 2.74 bits per heavy atom. The van der Waals surface area contributed by atoms with Crippen LogP contribution in [0.1, 0.15) is 17.3 Å². The number of amides is 1. The summed E-state index contributed by atoms with van der Waals surface area (Å²) in [5.74, 6) is 0.819. The molecule has 1 fully saturated rings. The molecular formula is C13H14ClNO4. The highest BCUT2D eigenvalue weighted by molar-refractivity contribution is 6.32. The molecule has 0 bridgehead atoms. The van der Waals surface area contributed by atoms with Crippen LogP contribution in [0.25, 0.3) is 0 Å². The summed E-state index contributed by atoms with van der Waals surface area (Å²) in [4.78, 5) is 13.8. The third-order valence-electron chi connectivity index (χ3n) is 3.19. The molecule has 3 rings (SSSR count). The van der Waals surface area contributed by atoms with Crippen LogP contribution in [0, 0.1) is 0 Å². The van der Waals surface area contributed by atoms with Crippen molar-refractivity contribution in [2.24, 2.45) is 0 Å². The van der Waals surface area contributed by atoms with Crippen molar-refractivity contribution in [2.45, 2.75) is 12.5 Å². The third kappa shape index (κ3) is 2.24. The van der Waals surface area contributed by atoms with Crippen LogP contribution >= 0.6 is 11.6 Å². The van der Waals surface area contributed by atoms with Crippen molar-refractivity contribution in [1.82, 2.24) is 4.90 Å². The molecule has 5 nitrogen and oxygen atoms in total. The second-order valence-corrected chi connectivity index (χ2v) is 5.55. The maximum absolute atomic E-state index is 12.2. The first-order valence-corrected chi connectivity index (χ1v) is 6.45. The molecule has 1 amide bonds. The van der Waals surface area contributed by atoms with E-state index in [2.05, 4.69) is 0 Å². The van der Waals surface area contributed by atoms with Gasteiger partial charge in [0.15, 0.2) is 11.5 Å². The molecule has 1 N–H and O–H groups in total. The van der Waals surface area contributed by atoms with Crippen molar-refractivity contribution >= 4 is 17.5 Å². The van der Waals surface area contributed by atoms with Gasteiger partial charge < -0.3 is 19.5 Å². The van der Waals surface area contributed by atoms with Gasteiger partial charge in [-0.1, -0.05) is 11.6 Å². The number of hydrogen-bond acceptors (Lipinski definition) is 4. The molecule has 0 aromatic heterocycles. The number of nitrogens with zero attached hydrogens (tertiary/aromatic N) is 1. The van der Waals surface area contributed by atoms with Crippen molar-refractivity contribution in [3.63, 3.8) is 0 Å². The fraction of sp³-hybridized carbons (Fsp3) is 0.462. The lowest BCUT2D eigenvalue weighted by molar-refractivity contribution is -0.0668. The van der Waals surface area contributed by atoms with Crippen LogP contribution in [0.5, 0.6) is 11.5 Å². The number of rotatable bonds is 1. The molecule has 0 atom stereocenters. The number of fused-ring (bicyclic) bond motifs is 1. The monoisotopic (exact) mass is 283 g/mol. The highest BCUT2D eigenvalue weighted by atomic mass is 35.5. The van der Waals surface area contributed by atoms with Gasteiger partial charge in [0.25, 0.3) is 5.91 Å². The lowest BCUT2D eigenvalue weighted by atomic mass is 9.96. The Morgan fingerprint density at radius 2 is 2.05 bits per heavy atom. The molecule has 0 radical (unpaired) electrons. The molecule has 0 unspecified atom stereocenters. The van der Waals surface area contributed by atoms with Gasteiger partial charge in [0.2, 0.25) is 0 Å². The van der Waals surface area contributed by atoms with Gasteiger partial charge in [-0.15, -0.1) is 0 Å². The van der Waals surface area contributed by atoms with Gasteiger partial charge in [-0.25, -0.2) is 0 Å². The van der Waals surface area contributed by atoms with E-state index in [1.807, 2.05) is 0 Å². The van der Waals surface area contributed by atoms with Crippen LogP contribution in [0.4, 0.5) is 0 Å². The summed E-state index contributed by atoms with van der Waals surface area (Å²) >= 11 is 6.09. The Hall–Kier alpha value is -1.46. The molecule has 2 aliphatic heterocycles. The van der Waals surface area contributed by atoms with E-state index in [9.17, 15) is 9.90 Å². The molecule has 1 aromatic rings. The number of benzene rings is 1. The zero-order chi connectivity index (χ0) is 13.6. The largest absolute Gasteiger partial charge is 0.486 e. The van der Waals surface area contributed by atoms with E-state index in [-0.39, 0.29) is 5.91 Å². The SMILES string of the molecule is CC1(O)CN(C(=O)c2cc(Cl)c3c(c2)OCCO3)C1. The van der Waals surface area contributed by atoms with E-state index >= 15 is 0 Å². The quantitative estimate of drug-likeness (QED) is 0.844. The standard InChI is InChI=1S/C13H14ClNO4/c1-13(17)6-15(7-13)12(16)8-4-9(14)11-10(5-8)18-2-3-19-11/h4-5,17H,2-3,6-7H2,1H3. The van der Waals surface area contributed by atoms with Crippen molar-refractivity contribution < 1.29 is 19.4 Å². The van der Waals surface area contributed by atoms with Gasteiger partial charge in [0.1, 0.15) is 13.2 Å². The van der Waals surface area contributed by atoms with Gasteiger partial charge in [-0.05, 0) is 19.1 Å². The zero-order valence-corrected chi connectivity index (χ0v) is 11.2. The Balaban J connectivity index is 1.85. The molecule has 0 spiro atoms. The fourth-order valence-electron chi connectivity index (χ4n) is 2.34. The minimum absolute atomic E-state index is 0.162. The minimum Gasteiger partial charge on any atom is -0.486 e. The highest BCUT2D eigenvalue weighted by Gasteiger charge is 2.40. The normalized spacial score (nSPS) is 19.8. The number of hydrogen-bond donors (Lipinski definition) is 1. The lowest BCUT2D eigenvalue weighted by Gasteiger charge is -2.44. The topological polar surface area (TPSA) is 59.0 Å². The molecule has 1 aromatic carbocycles. The first kappa shape index (κ1) is 12.6. The molecule has 0 aliphatic carbocycles. The van der Waals surface area contributed by atoms with Crippen LogP contribution in [0.2, 0.25) is 5.02 Å². The summed E-state index contributed by atoms with van der Waals surface area (Å²) in [7, 11) is 0. The van der Waals surface area contributed by atoms with Crippen LogP contribution < -0.4 is 9.47 Å². The van der Waals surface area contributed by atoms with Crippen LogP contribution in [0.15, 0.2) is 12.1 Å². The average Bonchev–Trinajstić information content (AvgIpc) is 2.35. The Morgan fingerprint density at radius 1 is 1.37 bits per heavy atom. The second kappa shape index (κ2) is 4.28. The molecule has 1 saturated heterocycles. The number of carbonyl (C=O) groups is 1. The van der Waals surface area contributed by atoms with E-state index in [0.717, 1.165) is 0 Å². The van der Waals surface area contributed by atoms with Gasteiger partial charge in [-0.3, -0.25) is 4.79 Å². The lowest BCUT2D eigenvalue weighted by Crippen LogP contribution is -2.61. The summed E-state index contributed by atoms with van der Waals surface area (Å²) in [6.07, 6.45) is 0. The van der Waals surface area contributed by atoms with Crippen molar-refractivity contribution in [2.75, 3.05) is 26.3 Å².